The van der Waals surface area contributed by atoms with Crippen LogP contribution in [0.2, 0.25) is 0 Å². The van der Waals surface area contributed by atoms with Gasteiger partial charge < -0.3 is 4.57 Å². The summed E-state index contributed by atoms with van der Waals surface area (Å²) in [6.07, 6.45) is 10.7. The zero-order valence-corrected chi connectivity index (χ0v) is 10.4. The van der Waals surface area contributed by atoms with E-state index in [1.807, 2.05) is 6.20 Å². The van der Waals surface area contributed by atoms with Gasteiger partial charge in [0.25, 0.3) is 0 Å². The molecule has 0 unspecified atom stereocenters. The molecule has 0 aliphatic heterocycles. The molecule has 0 bridgehead atoms. The first-order chi connectivity index (χ1) is 7.25. The van der Waals surface area contributed by atoms with Crippen molar-refractivity contribution in [2.24, 2.45) is 0 Å². The molecule has 0 N–H and O–H groups in total. The molecule has 0 amide bonds. The average Bonchev–Trinajstić information content (AvgIpc) is 2.66. The summed E-state index contributed by atoms with van der Waals surface area (Å²) in [5, 5.41) is 0. The van der Waals surface area contributed by atoms with Gasteiger partial charge >= 0.3 is 0 Å². The summed E-state index contributed by atoms with van der Waals surface area (Å²) < 4.78 is 2.30. The maximum Gasteiger partial charge on any atom is 0.111 e. The molecule has 1 aromatic heterocycles. The maximum atomic E-state index is 4.39. The molecule has 1 heterocycles. The molecule has 0 fully saturated rings. The first-order valence-corrected chi connectivity index (χ1v) is 6.26. The lowest BCUT2D eigenvalue weighted by Crippen LogP contribution is -2.04. The van der Waals surface area contributed by atoms with Gasteiger partial charge in [0.1, 0.15) is 5.82 Å². The van der Waals surface area contributed by atoms with Crippen LogP contribution in [0.3, 0.4) is 0 Å². The molecular weight excluding hydrogens is 184 g/mol. The predicted octanol–water partition coefficient (Wildman–Crippen LogP) is 3.98. The van der Waals surface area contributed by atoms with Crippen LogP contribution in [0.25, 0.3) is 0 Å². The Labute approximate surface area is 93.7 Å². The lowest BCUT2D eigenvalue weighted by Gasteiger charge is -2.09. The van der Waals surface area contributed by atoms with Gasteiger partial charge in [0, 0.05) is 24.9 Å². The van der Waals surface area contributed by atoms with Gasteiger partial charge in [-0.3, -0.25) is 0 Å². The zero-order valence-electron chi connectivity index (χ0n) is 10.4. The van der Waals surface area contributed by atoms with E-state index < -0.39 is 0 Å². The van der Waals surface area contributed by atoms with Crippen LogP contribution >= 0.6 is 0 Å². The van der Waals surface area contributed by atoms with Gasteiger partial charge in [-0.1, -0.05) is 46.5 Å². The van der Waals surface area contributed by atoms with E-state index in [4.69, 9.17) is 0 Å². The molecule has 2 nitrogen and oxygen atoms in total. The molecule has 1 aromatic rings. The number of rotatable bonds is 7. The van der Waals surface area contributed by atoms with Gasteiger partial charge in [-0.25, -0.2) is 4.98 Å². The number of hydrogen-bond donors (Lipinski definition) is 0. The van der Waals surface area contributed by atoms with Crippen molar-refractivity contribution in [2.45, 2.75) is 65.3 Å². The highest BCUT2D eigenvalue weighted by atomic mass is 15.1. The summed E-state index contributed by atoms with van der Waals surface area (Å²) in [4.78, 5) is 4.39. The number of unbranched alkanes of at least 4 members (excludes halogenated alkanes) is 4. The Morgan fingerprint density at radius 3 is 2.60 bits per heavy atom. The third-order valence-electron chi connectivity index (χ3n) is 2.77. The van der Waals surface area contributed by atoms with E-state index in [0.717, 1.165) is 6.54 Å². The second-order valence-electron chi connectivity index (χ2n) is 4.55. The second-order valence-corrected chi connectivity index (χ2v) is 4.55. The van der Waals surface area contributed by atoms with Crippen LogP contribution in [0.5, 0.6) is 0 Å². The Morgan fingerprint density at radius 2 is 1.93 bits per heavy atom. The van der Waals surface area contributed by atoms with Crippen LogP contribution in [0.4, 0.5) is 0 Å². The second kappa shape index (κ2) is 6.65. The van der Waals surface area contributed by atoms with Crippen molar-refractivity contribution in [1.82, 2.24) is 9.55 Å². The number of hydrogen-bond acceptors (Lipinski definition) is 1. The summed E-state index contributed by atoms with van der Waals surface area (Å²) >= 11 is 0. The van der Waals surface area contributed by atoms with Crippen LogP contribution in [-0.2, 0) is 6.54 Å². The van der Waals surface area contributed by atoms with Crippen molar-refractivity contribution in [3.63, 3.8) is 0 Å². The monoisotopic (exact) mass is 208 g/mol. The highest BCUT2D eigenvalue weighted by molar-refractivity contribution is 4.97. The van der Waals surface area contributed by atoms with Gasteiger partial charge in [-0.05, 0) is 6.42 Å². The minimum absolute atomic E-state index is 0.538. The summed E-state index contributed by atoms with van der Waals surface area (Å²) in [5.41, 5.74) is 0. The zero-order chi connectivity index (χ0) is 11.1. The quantitative estimate of drug-likeness (QED) is 0.620. The summed E-state index contributed by atoms with van der Waals surface area (Å²) in [7, 11) is 0. The van der Waals surface area contributed by atoms with Gasteiger partial charge in [-0.2, -0.15) is 0 Å². The van der Waals surface area contributed by atoms with E-state index in [2.05, 4.69) is 36.5 Å². The minimum Gasteiger partial charge on any atom is -0.335 e. The third kappa shape index (κ3) is 4.06. The summed E-state index contributed by atoms with van der Waals surface area (Å²) in [6.45, 7) is 7.80. The standard InChI is InChI=1S/C13H24N2/c1-4-5-6-7-8-10-15-11-9-14-13(15)12(2)3/h9,11-12H,4-8,10H2,1-3H3. The molecule has 2 heteroatoms. The number of nitrogens with zero attached hydrogens (tertiary/aromatic N) is 2. The van der Waals surface area contributed by atoms with Gasteiger partial charge in [0.15, 0.2) is 0 Å². The van der Waals surface area contributed by atoms with Crippen LogP contribution < -0.4 is 0 Å². The molecule has 15 heavy (non-hydrogen) atoms. The van der Waals surface area contributed by atoms with Crippen molar-refractivity contribution in [1.29, 1.82) is 0 Å². The van der Waals surface area contributed by atoms with Crippen LogP contribution in [0, 0.1) is 0 Å². The first-order valence-electron chi connectivity index (χ1n) is 6.26. The Hall–Kier alpha value is -0.790. The van der Waals surface area contributed by atoms with E-state index in [-0.39, 0.29) is 0 Å². The highest BCUT2D eigenvalue weighted by Crippen LogP contribution is 2.13. The van der Waals surface area contributed by atoms with Crippen LogP contribution in [0.15, 0.2) is 12.4 Å². The molecule has 0 atom stereocenters. The maximum absolute atomic E-state index is 4.39. The smallest absolute Gasteiger partial charge is 0.111 e. The van der Waals surface area contributed by atoms with Crippen LogP contribution in [0.1, 0.15) is 64.6 Å². The Bertz CT molecular complexity index is 263. The van der Waals surface area contributed by atoms with Crippen molar-refractivity contribution in [3.05, 3.63) is 18.2 Å². The number of imidazole rings is 1. The molecule has 0 aliphatic rings. The molecular formula is C13H24N2. The molecule has 1 rings (SSSR count). The number of aromatic nitrogens is 2. The third-order valence-corrected chi connectivity index (χ3v) is 2.77. The fourth-order valence-corrected chi connectivity index (χ4v) is 1.90. The molecule has 0 aliphatic carbocycles. The SMILES string of the molecule is CCCCCCCn1ccnc1C(C)C. The Morgan fingerprint density at radius 1 is 1.20 bits per heavy atom. The van der Waals surface area contributed by atoms with Crippen LogP contribution in [-0.4, -0.2) is 9.55 Å². The fourth-order valence-electron chi connectivity index (χ4n) is 1.90. The van der Waals surface area contributed by atoms with E-state index in [0.29, 0.717) is 5.92 Å². The molecule has 0 saturated heterocycles. The lowest BCUT2D eigenvalue weighted by molar-refractivity contribution is 0.544. The predicted molar refractivity (Wildman–Crippen MR) is 65.1 cm³/mol. The Balaban J connectivity index is 2.28. The molecule has 0 radical (unpaired) electrons. The minimum atomic E-state index is 0.538. The van der Waals surface area contributed by atoms with E-state index in [1.165, 1.54) is 37.9 Å². The normalized spacial score (nSPS) is 11.2. The lowest BCUT2D eigenvalue weighted by atomic mass is 10.1. The van der Waals surface area contributed by atoms with Crippen molar-refractivity contribution in [2.75, 3.05) is 0 Å². The number of aryl methyl sites for hydroxylation is 1. The summed E-state index contributed by atoms with van der Waals surface area (Å²) in [6, 6.07) is 0. The van der Waals surface area contributed by atoms with Gasteiger partial charge in [-0.15, -0.1) is 0 Å². The largest absolute Gasteiger partial charge is 0.335 e. The Kier molecular flexibility index (Phi) is 5.44. The van der Waals surface area contributed by atoms with Gasteiger partial charge in [0.05, 0.1) is 0 Å². The molecule has 0 saturated carbocycles. The topological polar surface area (TPSA) is 17.8 Å². The van der Waals surface area contributed by atoms with Crippen molar-refractivity contribution >= 4 is 0 Å². The first kappa shape index (κ1) is 12.3. The van der Waals surface area contributed by atoms with Crippen molar-refractivity contribution in [3.8, 4) is 0 Å². The molecule has 0 spiro atoms. The van der Waals surface area contributed by atoms with Crippen molar-refractivity contribution < 1.29 is 0 Å². The summed E-state index contributed by atoms with van der Waals surface area (Å²) in [5.74, 6) is 1.76. The van der Waals surface area contributed by atoms with E-state index >= 15 is 0 Å². The molecule has 0 aromatic carbocycles. The average molecular weight is 208 g/mol. The van der Waals surface area contributed by atoms with Gasteiger partial charge in [0.2, 0.25) is 0 Å². The fraction of sp³-hybridized carbons (Fsp3) is 0.769. The van der Waals surface area contributed by atoms with E-state index in [9.17, 15) is 0 Å². The highest BCUT2D eigenvalue weighted by Gasteiger charge is 2.05. The van der Waals surface area contributed by atoms with E-state index in [1.54, 1.807) is 0 Å². The molecule has 86 valence electrons.